The molecule has 2 N–H and O–H groups in total. The number of hydrogen-bond acceptors (Lipinski definition) is 7. The number of nitro groups is 1. The molecular weight excluding hydrogens is 462 g/mol. The van der Waals surface area contributed by atoms with Crippen molar-refractivity contribution >= 4 is 39.0 Å². The number of nitro benzene ring substituents is 1. The molecule has 0 aliphatic carbocycles. The molecule has 0 saturated carbocycles. The summed E-state index contributed by atoms with van der Waals surface area (Å²) in [5, 5.41) is 13.6. The summed E-state index contributed by atoms with van der Waals surface area (Å²) < 4.78 is 32.9. The lowest BCUT2D eigenvalue weighted by Crippen LogP contribution is -2.30. The van der Waals surface area contributed by atoms with Gasteiger partial charge in [-0.05, 0) is 55.8 Å². The molecule has 11 heteroatoms. The predicted octanol–water partition coefficient (Wildman–Crippen LogP) is 3.89. The summed E-state index contributed by atoms with van der Waals surface area (Å²) in [4.78, 5) is 34.7. The van der Waals surface area contributed by atoms with E-state index in [0.717, 1.165) is 6.07 Å². The summed E-state index contributed by atoms with van der Waals surface area (Å²) in [6.45, 7) is 2.95. The average molecular weight is 484 g/mol. The monoisotopic (exact) mass is 483 g/mol. The van der Waals surface area contributed by atoms with Crippen LogP contribution in [0.3, 0.4) is 0 Å². The Kier molecular flexibility index (Phi) is 7.27. The fraction of sp³-hybridized carbons (Fsp3) is 0.130. The van der Waals surface area contributed by atoms with Crippen LogP contribution >= 0.6 is 0 Å². The number of carbonyl (C=O) groups is 2. The molecule has 0 aliphatic rings. The molecule has 3 aromatic rings. The lowest BCUT2D eigenvalue weighted by Gasteiger charge is -2.14. The van der Waals surface area contributed by atoms with E-state index in [4.69, 9.17) is 4.74 Å². The number of ether oxygens (including phenoxy) is 1. The molecule has 0 bridgehead atoms. The number of anilines is 2. The Bertz CT molecular complexity index is 1320. The molecule has 3 aromatic carbocycles. The van der Waals surface area contributed by atoms with Gasteiger partial charge in [0, 0.05) is 23.5 Å². The molecule has 10 nitrogen and oxygen atoms in total. The Hall–Kier alpha value is -4.25. The molecule has 0 fully saturated rings. The third-order valence-electron chi connectivity index (χ3n) is 4.74. The number of non-ortho nitro benzene ring substituents is 1. The third-order valence-corrected chi connectivity index (χ3v) is 6.26. The van der Waals surface area contributed by atoms with E-state index in [-0.39, 0.29) is 21.8 Å². The first-order valence-electron chi connectivity index (χ1n) is 10.0. The van der Waals surface area contributed by atoms with Gasteiger partial charge in [-0.3, -0.25) is 19.6 Å². The molecule has 0 spiro atoms. The van der Waals surface area contributed by atoms with Crippen LogP contribution in [-0.4, -0.2) is 31.3 Å². The Morgan fingerprint density at radius 1 is 0.971 bits per heavy atom. The quantitative estimate of drug-likeness (QED) is 0.281. The molecule has 1 atom stereocenters. The van der Waals surface area contributed by atoms with Crippen molar-refractivity contribution in [1.82, 2.24) is 0 Å². The van der Waals surface area contributed by atoms with E-state index in [2.05, 4.69) is 10.0 Å². The molecule has 0 radical (unpaired) electrons. The summed E-state index contributed by atoms with van der Waals surface area (Å²) >= 11 is 0. The number of sulfonamides is 1. The number of hydrogen-bond donors (Lipinski definition) is 2. The third kappa shape index (κ3) is 5.95. The number of esters is 1. The van der Waals surface area contributed by atoms with Gasteiger partial charge >= 0.3 is 5.97 Å². The number of aryl methyl sites for hydroxylation is 1. The number of para-hydroxylation sites is 1. The van der Waals surface area contributed by atoms with Crippen LogP contribution in [0.25, 0.3) is 0 Å². The Morgan fingerprint density at radius 2 is 1.62 bits per heavy atom. The molecule has 176 valence electrons. The zero-order valence-corrected chi connectivity index (χ0v) is 19.0. The van der Waals surface area contributed by atoms with Crippen molar-refractivity contribution in [3.8, 4) is 0 Å². The maximum Gasteiger partial charge on any atom is 0.338 e. The largest absolute Gasteiger partial charge is 0.449 e. The summed E-state index contributed by atoms with van der Waals surface area (Å²) in [6, 6.07) is 17.6. The second kappa shape index (κ2) is 10.1. The molecule has 1 amide bonds. The van der Waals surface area contributed by atoms with Crippen LogP contribution in [0.15, 0.2) is 77.7 Å². The van der Waals surface area contributed by atoms with E-state index in [1.54, 1.807) is 30.3 Å². The van der Waals surface area contributed by atoms with Gasteiger partial charge in [-0.2, -0.15) is 0 Å². The van der Waals surface area contributed by atoms with Gasteiger partial charge in [0.1, 0.15) is 0 Å². The highest BCUT2D eigenvalue weighted by Gasteiger charge is 2.22. The first-order chi connectivity index (χ1) is 16.1. The van der Waals surface area contributed by atoms with Crippen LogP contribution in [0, 0.1) is 17.0 Å². The molecule has 0 heterocycles. The second-order valence-electron chi connectivity index (χ2n) is 7.29. The van der Waals surface area contributed by atoms with Crippen molar-refractivity contribution in [2.75, 3.05) is 10.0 Å². The van der Waals surface area contributed by atoms with E-state index in [1.165, 1.54) is 50.2 Å². The lowest BCUT2D eigenvalue weighted by atomic mass is 10.2. The Labute approximate surface area is 195 Å². The molecule has 34 heavy (non-hydrogen) atoms. The van der Waals surface area contributed by atoms with Crippen LogP contribution < -0.4 is 10.0 Å². The van der Waals surface area contributed by atoms with Crippen molar-refractivity contribution in [1.29, 1.82) is 0 Å². The van der Waals surface area contributed by atoms with Gasteiger partial charge in [0.05, 0.1) is 15.4 Å². The standard InChI is InChI=1S/C23H21N3O7S/c1-15-8-13-20(26(29)30)14-21(15)34(31,32)25-19-11-9-17(10-12-19)23(28)33-16(2)22(27)24-18-6-4-3-5-7-18/h3-14,16,25H,1-2H3,(H,24,27). The number of amides is 1. The lowest BCUT2D eigenvalue weighted by molar-refractivity contribution is -0.385. The number of carbonyl (C=O) groups excluding carboxylic acids is 2. The maximum atomic E-state index is 12.7. The van der Waals surface area contributed by atoms with E-state index in [9.17, 15) is 28.1 Å². The fourth-order valence-electron chi connectivity index (χ4n) is 2.92. The summed E-state index contributed by atoms with van der Waals surface area (Å²) in [7, 11) is -4.12. The zero-order chi connectivity index (χ0) is 24.9. The van der Waals surface area contributed by atoms with Crippen molar-refractivity contribution in [2.24, 2.45) is 0 Å². The van der Waals surface area contributed by atoms with Gasteiger partial charge in [0.15, 0.2) is 6.10 Å². The number of benzene rings is 3. The Morgan fingerprint density at radius 3 is 2.24 bits per heavy atom. The summed E-state index contributed by atoms with van der Waals surface area (Å²) in [6.07, 6.45) is -1.07. The van der Waals surface area contributed by atoms with Crippen LogP contribution in [0.4, 0.5) is 17.1 Å². The highest BCUT2D eigenvalue weighted by Crippen LogP contribution is 2.24. The SMILES string of the molecule is Cc1ccc([N+](=O)[O-])cc1S(=O)(=O)Nc1ccc(C(=O)OC(C)C(=O)Nc2ccccc2)cc1. The Balaban J connectivity index is 1.66. The topological polar surface area (TPSA) is 145 Å². The minimum absolute atomic E-state index is 0.105. The first-order valence-corrected chi connectivity index (χ1v) is 11.5. The van der Waals surface area contributed by atoms with Crippen molar-refractivity contribution < 1.29 is 27.7 Å². The van der Waals surface area contributed by atoms with E-state index >= 15 is 0 Å². The van der Waals surface area contributed by atoms with Gasteiger partial charge in [0.2, 0.25) is 0 Å². The number of nitrogens with one attached hydrogen (secondary N) is 2. The van der Waals surface area contributed by atoms with E-state index < -0.39 is 32.9 Å². The molecule has 0 aromatic heterocycles. The van der Waals surface area contributed by atoms with E-state index in [0.29, 0.717) is 11.3 Å². The molecule has 3 rings (SSSR count). The van der Waals surface area contributed by atoms with Crippen LogP contribution in [-0.2, 0) is 19.6 Å². The zero-order valence-electron chi connectivity index (χ0n) is 18.2. The predicted molar refractivity (Wildman–Crippen MR) is 125 cm³/mol. The minimum atomic E-state index is -4.12. The van der Waals surface area contributed by atoms with Crippen LogP contribution in [0.2, 0.25) is 0 Å². The highest BCUT2D eigenvalue weighted by atomic mass is 32.2. The molecule has 1 unspecified atom stereocenters. The second-order valence-corrected chi connectivity index (χ2v) is 8.94. The van der Waals surface area contributed by atoms with Crippen molar-refractivity contribution in [2.45, 2.75) is 24.8 Å². The van der Waals surface area contributed by atoms with Gasteiger partial charge in [0.25, 0.3) is 21.6 Å². The first kappa shape index (κ1) is 24.4. The van der Waals surface area contributed by atoms with Crippen LogP contribution in [0.5, 0.6) is 0 Å². The molecule has 0 aliphatic heterocycles. The van der Waals surface area contributed by atoms with Crippen LogP contribution in [0.1, 0.15) is 22.8 Å². The average Bonchev–Trinajstić information content (AvgIpc) is 2.79. The summed E-state index contributed by atoms with van der Waals surface area (Å²) in [5.41, 5.74) is 0.785. The van der Waals surface area contributed by atoms with Gasteiger partial charge in [-0.1, -0.05) is 24.3 Å². The van der Waals surface area contributed by atoms with Gasteiger partial charge in [-0.25, -0.2) is 13.2 Å². The summed E-state index contributed by atoms with van der Waals surface area (Å²) in [5.74, 6) is -1.27. The van der Waals surface area contributed by atoms with Gasteiger partial charge in [-0.15, -0.1) is 0 Å². The minimum Gasteiger partial charge on any atom is -0.449 e. The highest BCUT2D eigenvalue weighted by molar-refractivity contribution is 7.92. The smallest absolute Gasteiger partial charge is 0.338 e. The fourth-order valence-corrected chi connectivity index (χ4v) is 4.25. The maximum absolute atomic E-state index is 12.7. The molecular formula is C23H21N3O7S. The van der Waals surface area contributed by atoms with Gasteiger partial charge < -0.3 is 10.1 Å². The van der Waals surface area contributed by atoms with Crippen molar-refractivity contribution in [3.05, 3.63) is 94.0 Å². The normalized spacial score (nSPS) is 11.8. The van der Waals surface area contributed by atoms with Crippen molar-refractivity contribution in [3.63, 3.8) is 0 Å². The molecule has 0 saturated heterocycles. The number of nitrogens with zero attached hydrogens (tertiary/aromatic N) is 1. The number of rotatable bonds is 8. The van der Waals surface area contributed by atoms with E-state index in [1.807, 2.05) is 0 Å².